The highest BCUT2D eigenvalue weighted by Crippen LogP contribution is 2.44. The molecule has 8 N–H and O–H groups in total. The molecule has 0 aliphatic rings. The Morgan fingerprint density at radius 2 is 1.21 bits per heavy atom. The average Bonchev–Trinajstić information content (AvgIpc) is 3.41. The minimum absolute atomic E-state index is 0.00155. The fraction of sp³-hybridized carbons (Fsp3) is 0.0426. The van der Waals surface area contributed by atoms with Crippen LogP contribution in [0.1, 0.15) is 5.56 Å². The third-order valence-electron chi connectivity index (χ3n) is 11.2. The van der Waals surface area contributed by atoms with Gasteiger partial charge in [-0.1, -0.05) is 18.2 Å². The second kappa shape index (κ2) is 21.6. The first-order valence-electron chi connectivity index (χ1n) is 21.9. The molecule has 80 heavy (non-hydrogen) atoms. The molecule has 0 aromatic heterocycles. The van der Waals surface area contributed by atoms with Gasteiger partial charge in [-0.2, -0.15) is 57.3 Å². The largest absolute Gasteiger partial charge is 0.505 e. The van der Waals surface area contributed by atoms with Crippen molar-refractivity contribution in [2.45, 2.75) is 31.4 Å². The number of hydrogen-bond donors (Lipinski definition) is 8. The van der Waals surface area contributed by atoms with Gasteiger partial charge in [-0.25, -0.2) is 0 Å². The number of aliphatic imine (C=N–C) groups is 1. The van der Waals surface area contributed by atoms with Crippen LogP contribution in [-0.2, 0) is 50.6 Å². The average molecular weight is 1190 g/mol. The van der Waals surface area contributed by atoms with Crippen molar-refractivity contribution in [2.75, 3.05) is 17.7 Å². The van der Waals surface area contributed by atoms with E-state index in [2.05, 4.69) is 36.1 Å². The fourth-order valence-electron chi connectivity index (χ4n) is 7.53. The molecule has 28 nitrogen and oxygen atoms in total. The van der Waals surface area contributed by atoms with E-state index in [1.54, 1.807) is 0 Å². The van der Waals surface area contributed by atoms with Crippen molar-refractivity contribution in [3.05, 3.63) is 149 Å². The lowest BCUT2D eigenvalue weighted by Gasteiger charge is -2.14. The number of amidine groups is 1. The summed E-state index contributed by atoms with van der Waals surface area (Å²) in [6.45, 7) is 1.51. The van der Waals surface area contributed by atoms with Crippen molar-refractivity contribution in [2.24, 2.45) is 25.4 Å². The van der Waals surface area contributed by atoms with E-state index in [1.807, 2.05) is 0 Å². The van der Waals surface area contributed by atoms with E-state index in [0.29, 0.717) is 12.1 Å². The highest BCUT2D eigenvalue weighted by Gasteiger charge is 2.27. The number of rotatable bonds is 17. The Morgan fingerprint density at radius 3 is 1.82 bits per heavy atom. The quantitative estimate of drug-likeness (QED) is 0.00799. The number of hydrogen-bond acceptors (Lipinski definition) is 21. The summed E-state index contributed by atoms with van der Waals surface area (Å²) in [7, 11) is -23.7. The number of nitro groups is 1. The fourth-order valence-corrected chi connectivity index (χ4v) is 10.9. The third kappa shape index (κ3) is 12.8. The third-order valence-corrected chi connectivity index (χ3v) is 15.9. The predicted octanol–water partition coefficient (Wildman–Crippen LogP) is 9.91. The maximum atomic E-state index is 13.4. The lowest BCUT2D eigenvalue weighted by molar-refractivity contribution is -0.385. The smallest absolute Gasteiger partial charge is 0.339 e. The lowest BCUT2D eigenvalue weighted by atomic mass is 10.1. The van der Waals surface area contributed by atoms with Crippen LogP contribution in [0, 0.1) is 17.0 Å². The summed E-state index contributed by atoms with van der Waals surface area (Å²) in [4.78, 5) is 10.7. The second-order valence-electron chi connectivity index (χ2n) is 16.6. The summed E-state index contributed by atoms with van der Waals surface area (Å²) in [5.41, 5.74) is -1.41. The number of nitro benzene ring substituents is 1. The van der Waals surface area contributed by atoms with Crippen LogP contribution in [-0.4, -0.2) is 88.6 Å². The van der Waals surface area contributed by atoms with Crippen LogP contribution >= 0.6 is 0 Å². The van der Waals surface area contributed by atoms with E-state index < -0.39 is 110 Å². The summed E-state index contributed by atoms with van der Waals surface area (Å²) < 4.78 is 176. The Balaban J connectivity index is 1.07. The Labute approximate surface area is 452 Å². The van der Waals surface area contributed by atoms with Crippen LogP contribution in [0.2, 0.25) is 0 Å². The Morgan fingerprint density at radius 1 is 0.588 bits per heavy atom. The maximum absolute atomic E-state index is 13.4. The number of non-ortho nitro benzene ring substituents is 1. The van der Waals surface area contributed by atoms with E-state index >= 15 is 0 Å². The molecule has 8 aromatic carbocycles. The van der Waals surface area contributed by atoms with Crippen molar-refractivity contribution >= 4 is 129 Å². The molecule has 0 radical (unpaired) electrons. The van der Waals surface area contributed by atoms with Gasteiger partial charge in [-0.3, -0.25) is 28.3 Å². The van der Waals surface area contributed by atoms with Gasteiger partial charge in [0.15, 0.2) is 11.5 Å². The summed E-state index contributed by atoms with van der Waals surface area (Å²) in [6, 6.07) is 24.5. The number of fused-ring (bicyclic) bond motifs is 2. The molecular formula is C47H36N8O20S5. The van der Waals surface area contributed by atoms with E-state index in [4.69, 9.17) is 8.92 Å². The van der Waals surface area contributed by atoms with E-state index in [0.717, 1.165) is 36.4 Å². The van der Waals surface area contributed by atoms with Gasteiger partial charge in [-0.15, -0.1) is 10.2 Å². The van der Waals surface area contributed by atoms with E-state index in [1.165, 1.54) is 99.0 Å². The van der Waals surface area contributed by atoms with Gasteiger partial charge in [-0.05, 0) is 114 Å². The highest BCUT2D eigenvalue weighted by atomic mass is 32.2. The number of anilines is 3. The molecule has 33 heteroatoms. The molecule has 0 aliphatic carbocycles. The molecule has 414 valence electrons. The molecule has 0 saturated carbocycles. The van der Waals surface area contributed by atoms with Gasteiger partial charge in [0.25, 0.3) is 52.2 Å². The molecule has 0 unspecified atom stereocenters. The van der Waals surface area contributed by atoms with Crippen molar-refractivity contribution in [3.8, 4) is 17.2 Å². The van der Waals surface area contributed by atoms with Gasteiger partial charge in [0.1, 0.15) is 31.8 Å². The molecule has 0 saturated heterocycles. The number of aromatic hydroxyl groups is 1. The molecule has 0 fully saturated rings. The zero-order valence-corrected chi connectivity index (χ0v) is 44.4. The van der Waals surface area contributed by atoms with Gasteiger partial charge in [0.2, 0.25) is 0 Å². The standard InChI is InChI=1S/C47H36N8O20S5/c1-25-16-38(40(74-2)24-37(25)52-53-39-22-33(76(60,61)62)18-27-19-34(77(63,64)65)23-41(44(27)39)75-80(72,73)32-6-4-3-5-7-32)50-47(57)49-30-12-14-35-26(17-30)20-43(79(69,70)71)45(46(35)56)54-51-29-10-8-28(9-11-29)48-36-15-13-31(55(58)59)21-42(36)78(66,67)68/h3-24,48,56H,1-2H3,(H2,49,50,57)(H,60,61,62)(H,63,64,65)(H,66,67,68)(H,69,70,71). The molecule has 0 aliphatic heterocycles. The molecular weight excluding hydrogens is 1160 g/mol. The predicted molar refractivity (Wildman–Crippen MR) is 285 cm³/mol. The number of azo groups is 2. The zero-order chi connectivity index (χ0) is 58.3. The number of phenolic OH excluding ortho intramolecular Hbond substituents is 1. The monoisotopic (exact) mass is 1190 g/mol. The first kappa shape index (κ1) is 57.1. The van der Waals surface area contributed by atoms with Crippen LogP contribution in [0.15, 0.2) is 183 Å². The van der Waals surface area contributed by atoms with Crippen molar-refractivity contribution < 1.29 is 84.4 Å². The molecule has 0 bridgehead atoms. The minimum Gasteiger partial charge on any atom is -0.505 e. The normalized spacial score (nSPS) is 12.8. The lowest BCUT2D eigenvalue weighted by Crippen LogP contribution is -2.11. The number of phenols is 1. The van der Waals surface area contributed by atoms with Crippen molar-refractivity contribution in [1.29, 1.82) is 0 Å². The zero-order valence-electron chi connectivity index (χ0n) is 40.3. The maximum Gasteiger partial charge on any atom is 0.339 e. The molecule has 0 spiro atoms. The van der Waals surface area contributed by atoms with Crippen LogP contribution in [0.4, 0.5) is 51.2 Å². The number of aliphatic hydroxyl groups excluding tert-OH is 1. The van der Waals surface area contributed by atoms with Crippen LogP contribution < -0.4 is 19.6 Å². The number of aryl methyl sites for hydroxylation is 1. The molecule has 0 atom stereocenters. The van der Waals surface area contributed by atoms with Gasteiger partial charge in [0.05, 0.1) is 50.0 Å². The number of benzene rings is 8. The Kier molecular flexibility index (Phi) is 15.5. The topological polar surface area (TPSA) is 440 Å². The molecule has 0 heterocycles. The van der Waals surface area contributed by atoms with Gasteiger partial charge < -0.3 is 29.8 Å². The summed E-state index contributed by atoms with van der Waals surface area (Å²) >= 11 is 0. The summed E-state index contributed by atoms with van der Waals surface area (Å²) in [5, 5.41) is 54.1. The van der Waals surface area contributed by atoms with E-state index in [9.17, 15) is 80.6 Å². The minimum atomic E-state index is -5.12. The highest BCUT2D eigenvalue weighted by molar-refractivity contribution is 7.87. The van der Waals surface area contributed by atoms with Gasteiger partial charge in [0, 0.05) is 41.0 Å². The first-order chi connectivity index (χ1) is 37.4. The van der Waals surface area contributed by atoms with Crippen molar-refractivity contribution in [1.82, 2.24) is 0 Å². The second-order valence-corrected chi connectivity index (χ2v) is 23.8. The number of methoxy groups -OCH3 is 1. The van der Waals surface area contributed by atoms with Crippen molar-refractivity contribution in [3.63, 3.8) is 0 Å². The Bertz CT molecular complexity index is 4560. The molecule has 0 amide bonds. The first-order valence-corrected chi connectivity index (χ1v) is 29.1. The van der Waals surface area contributed by atoms with Crippen LogP contribution in [0.5, 0.6) is 17.2 Å². The number of aliphatic hydroxyl groups is 1. The van der Waals surface area contributed by atoms with Crippen LogP contribution in [0.3, 0.4) is 0 Å². The number of nitrogens with one attached hydrogen (secondary N) is 2. The SMILES string of the molecule is COc1cc(N=Nc2cc(S(=O)(=O)O)cc3cc(S(=O)(=O)O)cc(OS(=O)(=O)c4ccccc4)c23)c(C)cc1N=C(O)Nc1ccc2c(O)c(N=Nc3ccc(Nc4ccc([N+](=O)[O-])cc4S(=O)(=O)O)cc3)c(S(=O)(=O)O)cc2c1. The summed E-state index contributed by atoms with van der Waals surface area (Å²) in [5.74, 6) is -1.54. The summed E-state index contributed by atoms with van der Waals surface area (Å²) in [6.07, 6.45) is 0. The van der Waals surface area contributed by atoms with Crippen LogP contribution in [0.25, 0.3) is 21.5 Å². The number of ether oxygens (including phenoxy) is 1. The Hall–Kier alpha value is -9.06. The molecule has 8 rings (SSSR count). The van der Waals surface area contributed by atoms with E-state index in [-0.39, 0.29) is 71.9 Å². The van der Waals surface area contributed by atoms with Gasteiger partial charge >= 0.3 is 10.1 Å². The molecule has 8 aromatic rings. The number of nitrogens with zero attached hydrogens (tertiary/aromatic N) is 6.